The maximum atomic E-state index is 11.8. The summed E-state index contributed by atoms with van der Waals surface area (Å²) in [5.41, 5.74) is 4.57. The molecule has 184 valence electrons. The first-order chi connectivity index (χ1) is 16.9. The molecular formula is C26H32N6O2S. The lowest BCUT2D eigenvalue weighted by Gasteiger charge is -2.34. The van der Waals surface area contributed by atoms with Crippen molar-refractivity contribution in [3.05, 3.63) is 66.9 Å². The largest absolute Gasteiger partial charge is 0.369 e. The van der Waals surface area contributed by atoms with Crippen LogP contribution in [-0.2, 0) is 9.84 Å². The number of hydrogen-bond donors (Lipinski definition) is 1. The van der Waals surface area contributed by atoms with Gasteiger partial charge >= 0.3 is 0 Å². The minimum absolute atomic E-state index is 0.294. The Balaban J connectivity index is 0.00000141. The molecule has 1 aliphatic rings. The SMILES string of the molecule is CC.CN1CCN(c2cccc(Nc3nc4c(-c5ccc(S(C)(=O)=O)cc5)cccn4n3)c2)CC1. The molecule has 1 N–H and O–H groups in total. The van der Waals surface area contributed by atoms with Crippen molar-refractivity contribution in [3.63, 3.8) is 0 Å². The Labute approximate surface area is 207 Å². The van der Waals surface area contributed by atoms with E-state index in [4.69, 9.17) is 4.98 Å². The lowest BCUT2D eigenvalue weighted by atomic mass is 10.1. The number of hydrogen-bond acceptors (Lipinski definition) is 7. The summed E-state index contributed by atoms with van der Waals surface area (Å²) < 4.78 is 25.3. The number of fused-ring (bicyclic) bond motifs is 1. The van der Waals surface area contributed by atoms with Crippen molar-refractivity contribution in [2.75, 3.05) is 49.7 Å². The van der Waals surface area contributed by atoms with Gasteiger partial charge in [0.15, 0.2) is 15.5 Å². The highest BCUT2D eigenvalue weighted by Gasteiger charge is 2.15. The number of anilines is 3. The molecule has 0 saturated carbocycles. The second kappa shape index (κ2) is 10.5. The molecule has 1 saturated heterocycles. The van der Waals surface area contributed by atoms with Gasteiger partial charge in [-0.3, -0.25) is 0 Å². The van der Waals surface area contributed by atoms with Crippen molar-refractivity contribution >= 4 is 32.8 Å². The summed E-state index contributed by atoms with van der Waals surface area (Å²) in [5, 5.41) is 7.91. The predicted molar refractivity (Wildman–Crippen MR) is 142 cm³/mol. The molecule has 0 radical (unpaired) electrons. The average Bonchev–Trinajstić information content (AvgIpc) is 3.28. The predicted octanol–water partition coefficient (Wildman–Crippen LogP) is 4.32. The number of nitrogens with one attached hydrogen (secondary N) is 1. The van der Waals surface area contributed by atoms with Gasteiger partial charge < -0.3 is 15.1 Å². The van der Waals surface area contributed by atoms with E-state index in [1.165, 1.54) is 11.9 Å². The molecule has 9 heteroatoms. The quantitative estimate of drug-likeness (QED) is 0.444. The maximum absolute atomic E-state index is 11.8. The average molecular weight is 493 g/mol. The number of likely N-dealkylation sites (N-methyl/N-ethyl adjacent to an activating group) is 1. The molecule has 1 fully saturated rings. The van der Waals surface area contributed by atoms with E-state index in [-0.39, 0.29) is 0 Å². The van der Waals surface area contributed by atoms with Crippen molar-refractivity contribution in [3.8, 4) is 11.1 Å². The van der Waals surface area contributed by atoms with Gasteiger partial charge in [0.25, 0.3) is 0 Å². The van der Waals surface area contributed by atoms with Crippen molar-refractivity contribution in [1.82, 2.24) is 19.5 Å². The highest BCUT2D eigenvalue weighted by molar-refractivity contribution is 7.90. The first-order valence-electron chi connectivity index (χ1n) is 11.8. The van der Waals surface area contributed by atoms with E-state index in [1.54, 1.807) is 28.8 Å². The smallest absolute Gasteiger partial charge is 0.247 e. The number of rotatable bonds is 5. The van der Waals surface area contributed by atoms with Gasteiger partial charge in [-0.05, 0) is 55.1 Å². The Morgan fingerprint density at radius 1 is 0.914 bits per heavy atom. The second-order valence-corrected chi connectivity index (χ2v) is 10.4. The van der Waals surface area contributed by atoms with Crippen molar-refractivity contribution in [2.24, 2.45) is 0 Å². The van der Waals surface area contributed by atoms with E-state index in [1.807, 2.05) is 44.3 Å². The van der Waals surface area contributed by atoms with Crippen molar-refractivity contribution in [2.45, 2.75) is 18.7 Å². The minimum atomic E-state index is -3.24. The normalized spacial score (nSPS) is 14.5. The molecule has 35 heavy (non-hydrogen) atoms. The van der Waals surface area contributed by atoms with Crippen LogP contribution in [0, 0.1) is 0 Å². The topological polar surface area (TPSA) is 82.8 Å². The van der Waals surface area contributed by atoms with Gasteiger partial charge in [-0.2, -0.15) is 4.98 Å². The molecule has 0 aliphatic carbocycles. The zero-order chi connectivity index (χ0) is 25.0. The fraction of sp³-hybridized carbons (Fsp3) is 0.308. The lowest BCUT2D eigenvalue weighted by molar-refractivity contribution is 0.313. The molecule has 1 aliphatic heterocycles. The summed E-state index contributed by atoms with van der Waals surface area (Å²) in [4.78, 5) is 9.73. The first kappa shape index (κ1) is 24.7. The zero-order valence-corrected chi connectivity index (χ0v) is 21.5. The Hall–Kier alpha value is -3.43. The van der Waals surface area contributed by atoms with E-state index in [0.29, 0.717) is 16.5 Å². The Bertz CT molecular complexity index is 1390. The molecular weight excluding hydrogens is 460 g/mol. The van der Waals surface area contributed by atoms with Crippen LogP contribution in [0.1, 0.15) is 13.8 Å². The lowest BCUT2D eigenvalue weighted by Crippen LogP contribution is -2.44. The molecule has 0 spiro atoms. The number of nitrogens with zero attached hydrogens (tertiary/aromatic N) is 5. The molecule has 0 atom stereocenters. The molecule has 3 heterocycles. The molecule has 4 aromatic rings. The Kier molecular flexibility index (Phi) is 7.37. The fourth-order valence-electron chi connectivity index (χ4n) is 4.04. The van der Waals surface area contributed by atoms with Crippen LogP contribution >= 0.6 is 0 Å². The standard InChI is InChI=1S/C24H26N6O2S.C2H6/c1-28-13-15-29(16-14-28)20-6-3-5-19(17-20)25-24-26-23-22(7-4-12-30(23)27-24)18-8-10-21(11-9-18)33(2,31)32;1-2/h3-12,17H,13-16H2,1-2H3,(H,25,27);1-2H3. The highest BCUT2D eigenvalue weighted by Crippen LogP contribution is 2.27. The maximum Gasteiger partial charge on any atom is 0.247 e. The monoisotopic (exact) mass is 492 g/mol. The molecule has 0 bridgehead atoms. The van der Waals surface area contributed by atoms with Crippen LogP contribution in [-0.4, -0.2) is 67.4 Å². The molecule has 2 aromatic heterocycles. The van der Waals surface area contributed by atoms with Gasteiger partial charge in [-0.25, -0.2) is 12.9 Å². The number of pyridine rings is 1. The molecule has 5 rings (SSSR count). The second-order valence-electron chi connectivity index (χ2n) is 8.39. The van der Waals surface area contributed by atoms with Crippen molar-refractivity contribution < 1.29 is 8.42 Å². The Morgan fingerprint density at radius 3 is 2.31 bits per heavy atom. The van der Waals surface area contributed by atoms with E-state index in [2.05, 4.69) is 39.4 Å². The van der Waals surface area contributed by atoms with Crippen LogP contribution in [0.5, 0.6) is 0 Å². The summed E-state index contributed by atoms with van der Waals surface area (Å²) in [7, 11) is -1.09. The first-order valence-corrected chi connectivity index (χ1v) is 13.7. The van der Waals surface area contributed by atoms with Gasteiger partial charge in [-0.1, -0.05) is 32.0 Å². The van der Waals surface area contributed by atoms with Crippen LogP contribution in [0.3, 0.4) is 0 Å². The van der Waals surface area contributed by atoms with E-state index in [9.17, 15) is 8.42 Å². The number of benzene rings is 2. The molecule has 2 aromatic carbocycles. The van der Waals surface area contributed by atoms with Gasteiger partial charge in [0.1, 0.15) is 0 Å². The van der Waals surface area contributed by atoms with Gasteiger partial charge in [-0.15, -0.1) is 5.10 Å². The Morgan fingerprint density at radius 2 is 1.63 bits per heavy atom. The summed E-state index contributed by atoms with van der Waals surface area (Å²) in [6.45, 7) is 8.13. The van der Waals surface area contributed by atoms with E-state index < -0.39 is 9.84 Å². The van der Waals surface area contributed by atoms with Gasteiger partial charge in [0.2, 0.25) is 5.95 Å². The summed E-state index contributed by atoms with van der Waals surface area (Å²) in [6.07, 6.45) is 3.06. The van der Waals surface area contributed by atoms with Gasteiger partial charge in [0, 0.05) is 55.6 Å². The van der Waals surface area contributed by atoms with Crippen LogP contribution in [0.15, 0.2) is 71.8 Å². The molecule has 0 amide bonds. The van der Waals surface area contributed by atoms with Crippen LogP contribution in [0.25, 0.3) is 16.8 Å². The minimum Gasteiger partial charge on any atom is -0.369 e. The van der Waals surface area contributed by atoms with E-state index in [0.717, 1.165) is 43.0 Å². The van der Waals surface area contributed by atoms with Gasteiger partial charge in [0.05, 0.1) is 4.90 Å². The summed E-state index contributed by atoms with van der Waals surface area (Å²) >= 11 is 0. The third-order valence-corrected chi connectivity index (χ3v) is 7.05. The third-order valence-electron chi connectivity index (χ3n) is 5.93. The third kappa shape index (κ3) is 5.63. The fourth-order valence-corrected chi connectivity index (χ4v) is 4.67. The van der Waals surface area contributed by atoms with Crippen LogP contribution in [0.2, 0.25) is 0 Å². The van der Waals surface area contributed by atoms with E-state index >= 15 is 0 Å². The summed E-state index contributed by atoms with van der Waals surface area (Å²) in [6, 6.07) is 19.0. The number of piperazine rings is 1. The molecule has 8 nitrogen and oxygen atoms in total. The summed E-state index contributed by atoms with van der Waals surface area (Å²) in [5.74, 6) is 0.505. The highest BCUT2D eigenvalue weighted by atomic mass is 32.2. The zero-order valence-electron chi connectivity index (χ0n) is 20.6. The van der Waals surface area contributed by atoms with Crippen LogP contribution < -0.4 is 10.2 Å². The molecule has 0 unspecified atom stereocenters. The van der Waals surface area contributed by atoms with Crippen LogP contribution in [0.4, 0.5) is 17.3 Å². The van der Waals surface area contributed by atoms with Crippen molar-refractivity contribution in [1.29, 1.82) is 0 Å². The number of aromatic nitrogens is 3. The number of sulfone groups is 1.